The van der Waals surface area contributed by atoms with Crippen molar-refractivity contribution in [2.45, 2.75) is 20.4 Å². The Morgan fingerprint density at radius 2 is 1.82 bits per heavy atom. The van der Waals surface area contributed by atoms with Crippen LogP contribution in [-0.4, -0.2) is 24.3 Å². The molecule has 1 aromatic heterocycles. The molecule has 0 saturated heterocycles. The standard InChI is InChI=1S/C17H19NO4/c1-12-8-13(2)10-15(9-12)22-7-6-18-11-14(17(20)21-3)4-5-16(18)19/h4-5,8-11H,6-7H2,1-3H3. The lowest BCUT2D eigenvalue weighted by Gasteiger charge is -2.10. The van der Waals surface area contributed by atoms with Gasteiger partial charge >= 0.3 is 5.97 Å². The van der Waals surface area contributed by atoms with E-state index in [2.05, 4.69) is 10.8 Å². The molecule has 0 fully saturated rings. The lowest BCUT2D eigenvalue weighted by Crippen LogP contribution is -2.23. The largest absolute Gasteiger partial charge is 0.492 e. The number of nitrogens with zero attached hydrogens (tertiary/aromatic N) is 1. The molecule has 5 heteroatoms. The minimum atomic E-state index is -0.469. The van der Waals surface area contributed by atoms with Gasteiger partial charge in [0.25, 0.3) is 5.56 Å². The highest BCUT2D eigenvalue weighted by Gasteiger charge is 2.07. The van der Waals surface area contributed by atoms with E-state index in [1.165, 1.54) is 30.0 Å². The Morgan fingerprint density at radius 1 is 1.14 bits per heavy atom. The number of methoxy groups -OCH3 is 1. The third kappa shape index (κ3) is 3.97. The topological polar surface area (TPSA) is 57.5 Å². The molecular formula is C17H19NO4. The van der Waals surface area contributed by atoms with Gasteiger partial charge in [0.2, 0.25) is 0 Å². The summed E-state index contributed by atoms with van der Waals surface area (Å²) in [6.45, 7) is 4.71. The summed E-state index contributed by atoms with van der Waals surface area (Å²) in [7, 11) is 1.31. The van der Waals surface area contributed by atoms with Crippen LogP contribution in [0.25, 0.3) is 0 Å². The van der Waals surface area contributed by atoms with Gasteiger partial charge < -0.3 is 14.0 Å². The maximum atomic E-state index is 11.8. The second-order valence-corrected chi connectivity index (χ2v) is 5.11. The smallest absolute Gasteiger partial charge is 0.339 e. The van der Waals surface area contributed by atoms with Crippen molar-refractivity contribution in [3.63, 3.8) is 0 Å². The van der Waals surface area contributed by atoms with E-state index in [0.717, 1.165) is 16.9 Å². The molecule has 22 heavy (non-hydrogen) atoms. The van der Waals surface area contributed by atoms with Crippen LogP contribution in [0, 0.1) is 13.8 Å². The molecule has 0 radical (unpaired) electrons. The monoisotopic (exact) mass is 301 g/mol. The molecule has 0 aliphatic carbocycles. The molecule has 5 nitrogen and oxygen atoms in total. The highest BCUT2D eigenvalue weighted by atomic mass is 16.5. The van der Waals surface area contributed by atoms with Crippen LogP contribution in [-0.2, 0) is 11.3 Å². The Kier molecular flexibility index (Phi) is 4.99. The average Bonchev–Trinajstić information content (AvgIpc) is 2.47. The van der Waals surface area contributed by atoms with E-state index in [9.17, 15) is 9.59 Å². The van der Waals surface area contributed by atoms with Crippen molar-refractivity contribution in [1.82, 2.24) is 4.57 Å². The number of ether oxygens (including phenoxy) is 2. The van der Waals surface area contributed by atoms with Crippen LogP contribution in [0.5, 0.6) is 5.75 Å². The molecule has 0 saturated carbocycles. The number of aryl methyl sites for hydroxylation is 2. The van der Waals surface area contributed by atoms with E-state index in [1.807, 2.05) is 26.0 Å². The highest BCUT2D eigenvalue weighted by Crippen LogP contribution is 2.16. The Hall–Kier alpha value is -2.56. The first kappa shape index (κ1) is 15.8. The maximum Gasteiger partial charge on any atom is 0.339 e. The number of benzene rings is 1. The summed E-state index contributed by atoms with van der Waals surface area (Å²) >= 11 is 0. The summed E-state index contributed by atoms with van der Waals surface area (Å²) in [5, 5.41) is 0. The first-order chi connectivity index (χ1) is 10.5. The van der Waals surface area contributed by atoms with E-state index < -0.39 is 5.97 Å². The van der Waals surface area contributed by atoms with Crippen molar-refractivity contribution in [3.8, 4) is 5.75 Å². The summed E-state index contributed by atoms with van der Waals surface area (Å²) in [4.78, 5) is 23.3. The zero-order valence-electron chi connectivity index (χ0n) is 13.0. The number of pyridine rings is 1. The molecule has 1 heterocycles. The molecule has 0 N–H and O–H groups in total. The zero-order chi connectivity index (χ0) is 16.1. The summed E-state index contributed by atoms with van der Waals surface area (Å²) < 4.78 is 11.8. The van der Waals surface area contributed by atoms with Crippen molar-refractivity contribution >= 4 is 5.97 Å². The summed E-state index contributed by atoms with van der Waals surface area (Å²) in [5.74, 6) is 0.304. The molecule has 2 rings (SSSR count). The van der Waals surface area contributed by atoms with Crippen LogP contribution in [0.4, 0.5) is 0 Å². The number of aromatic nitrogens is 1. The van der Waals surface area contributed by atoms with Gasteiger partial charge in [-0.1, -0.05) is 6.07 Å². The summed E-state index contributed by atoms with van der Waals surface area (Å²) in [6, 6.07) is 8.76. The van der Waals surface area contributed by atoms with Gasteiger partial charge in [-0.3, -0.25) is 4.79 Å². The molecular weight excluding hydrogens is 282 g/mol. The van der Waals surface area contributed by atoms with Gasteiger partial charge in [0.1, 0.15) is 12.4 Å². The van der Waals surface area contributed by atoms with Gasteiger partial charge in [-0.05, 0) is 43.2 Å². The second kappa shape index (κ2) is 6.93. The molecule has 1 aromatic carbocycles. The number of carbonyl (C=O) groups excluding carboxylic acids is 1. The Morgan fingerprint density at radius 3 is 2.45 bits per heavy atom. The maximum absolute atomic E-state index is 11.8. The van der Waals surface area contributed by atoms with Gasteiger partial charge in [-0.2, -0.15) is 0 Å². The Labute approximate surface area is 129 Å². The van der Waals surface area contributed by atoms with Gasteiger partial charge in [0.15, 0.2) is 0 Å². The van der Waals surface area contributed by atoms with Gasteiger partial charge in [0.05, 0.1) is 19.2 Å². The molecule has 0 aliphatic heterocycles. The molecule has 0 spiro atoms. The van der Waals surface area contributed by atoms with Crippen molar-refractivity contribution in [3.05, 3.63) is 63.6 Å². The van der Waals surface area contributed by atoms with E-state index in [-0.39, 0.29) is 5.56 Å². The average molecular weight is 301 g/mol. The van der Waals surface area contributed by atoms with Crippen molar-refractivity contribution in [1.29, 1.82) is 0 Å². The fraction of sp³-hybridized carbons (Fsp3) is 0.294. The summed E-state index contributed by atoms with van der Waals surface area (Å²) in [6.07, 6.45) is 1.49. The van der Waals surface area contributed by atoms with Crippen LogP contribution in [0.15, 0.2) is 41.3 Å². The number of hydrogen-bond donors (Lipinski definition) is 0. The molecule has 2 aromatic rings. The van der Waals surface area contributed by atoms with Crippen LogP contribution in [0.3, 0.4) is 0 Å². The fourth-order valence-corrected chi connectivity index (χ4v) is 2.22. The third-order valence-electron chi connectivity index (χ3n) is 3.20. The second-order valence-electron chi connectivity index (χ2n) is 5.11. The minimum absolute atomic E-state index is 0.184. The Balaban J connectivity index is 2.05. The van der Waals surface area contributed by atoms with E-state index in [0.29, 0.717) is 18.7 Å². The van der Waals surface area contributed by atoms with Crippen molar-refractivity contribution < 1.29 is 14.3 Å². The molecule has 0 bridgehead atoms. The number of esters is 1. The van der Waals surface area contributed by atoms with Gasteiger partial charge in [-0.25, -0.2) is 4.79 Å². The predicted molar refractivity (Wildman–Crippen MR) is 83.5 cm³/mol. The number of hydrogen-bond acceptors (Lipinski definition) is 4. The minimum Gasteiger partial charge on any atom is -0.492 e. The molecule has 0 aliphatic rings. The van der Waals surface area contributed by atoms with Crippen LogP contribution in [0.1, 0.15) is 21.5 Å². The fourth-order valence-electron chi connectivity index (χ4n) is 2.22. The molecule has 116 valence electrons. The SMILES string of the molecule is COC(=O)c1ccc(=O)n(CCOc2cc(C)cc(C)c2)c1. The third-order valence-corrected chi connectivity index (χ3v) is 3.20. The lowest BCUT2D eigenvalue weighted by molar-refractivity contribution is 0.0599. The molecule has 0 amide bonds. The van der Waals surface area contributed by atoms with E-state index in [1.54, 1.807) is 0 Å². The summed E-state index contributed by atoms with van der Waals surface area (Å²) in [5.41, 5.74) is 2.41. The number of rotatable bonds is 5. The van der Waals surface area contributed by atoms with Crippen LogP contribution in [0.2, 0.25) is 0 Å². The van der Waals surface area contributed by atoms with Crippen LogP contribution < -0.4 is 10.3 Å². The lowest BCUT2D eigenvalue weighted by atomic mass is 10.1. The first-order valence-corrected chi connectivity index (χ1v) is 6.99. The van der Waals surface area contributed by atoms with Crippen molar-refractivity contribution in [2.75, 3.05) is 13.7 Å². The zero-order valence-corrected chi connectivity index (χ0v) is 13.0. The Bertz CT molecular complexity index is 713. The van der Waals surface area contributed by atoms with E-state index in [4.69, 9.17) is 4.74 Å². The van der Waals surface area contributed by atoms with E-state index >= 15 is 0 Å². The van der Waals surface area contributed by atoms with Crippen molar-refractivity contribution in [2.24, 2.45) is 0 Å². The first-order valence-electron chi connectivity index (χ1n) is 6.99. The molecule has 0 atom stereocenters. The molecule has 0 unspecified atom stereocenters. The normalized spacial score (nSPS) is 10.3. The number of carbonyl (C=O) groups is 1. The van der Waals surface area contributed by atoms with Gasteiger partial charge in [-0.15, -0.1) is 0 Å². The van der Waals surface area contributed by atoms with Gasteiger partial charge in [0, 0.05) is 12.3 Å². The quantitative estimate of drug-likeness (QED) is 0.795. The predicted octanol–water partition coefficient (Wildman–Crippen LogP) is 2.33. The highest BCUT2D eigenvalue weighted by molar-refractivity contribution is 5.88. The van der Waals surface area contributed by atoms with Crippen LogP contribution >= 0.6 is 0 Å².